The van der Waals surface area contributed by atoms with Crippen LogP contribution in [0.2, 0.25) is 0 Å². The van der Waals surface area contributed by atoms with E-state index in [1.165, 1.54) is 12.3 Å². The SMILES string of the molecule is CCC(C(=O)O)c1cc[nH]c(=O)c1NS(=O)(=O)Cc1ccccc1. The fourth-order valence-electron chi connectivity index (χ4n) is 2.40. The summed E-state index contributed by atoms with van der Waals surface area (Å²) in [5.74, 6) is -2.40. The molecule has 0 aliphatic carbocycles. The van der Waals surface area contributed by atoms with Gasteiger partial charge in [-0.05, 0) is 23.6 Å². The Balaban J connectivity index is 2.38. The van der Waals surface area contributed by atoms with Crippen molar-refractivity contribution in [1.82, 2.24) is 4.98 Å². The van der Waals surface area contributed by atoms with Crippen molar-refractivity contribution in [3.05, 3.63) is 64.1 Å². The molecular formula is C16H18N2O5S. The lowest BCUT2D eigenvalue weighted by Crippen LogP contribution is -2.25. The third-order valence-electron chi connectivity index (χ3n) is 3.53. The van der Waals surface area contributed by atoms with Crippen molar-refractivity contribution in [3.63, 3.8) is 0 Å². The van der Waals surface area contributed by atoms with Gasteiger partial charge < -0.3 is 10.1 Å². The standard InChI is InChI=1S/C16H18N2O5S/c1-2-12(16(20)21)13-8-9-17-15(19)14(13)18-24(22,23)10-11-6-4-3-5-7-11/h3-9,12,18H,2,10H2,1H3,(H,17,19)(H,20,21). The van der Waals surface area contributed by atoms with E-state index in [0.717, 1.165) is 0 Å². The molecule has 2 aromatic rings. The molecule has 1 unspecified atom stereocenters. The fourth-order valence-corrected chi connectivity index (χ4v) is 3.63. The Kier molecular flexibility index (Phi) is 5.40. The van der Waals surface area contributed by atoms with Gasteiger partial charge in [0.1, 0.15) is 5.69 Å². The minimum Gasteiger partial charge on any atom is -0.481 e. The van der Waals surface area contributed by atoms with Gasteiger partial charge in [0.25, 0.3) is 5.56 Å². The van der Waals surface area contributed by atoms with Crippen LogP contribution in [-0.4, -0.2) is 24.5 Å². The molecule has 0 fully saturated rings. The molecule has 0 saturated heterocycles. The summed E-state index contributed by atoms with van der Waals surface area (Å²) in [5, 5.41) is 9.29. The number of H-pyrrole nitrogens is 1. The summed E-state index contributed by atoms with van der Waals surface area (Å²) in [7, 11) is -3.86. The summed E-state index contributed by atoms with van der Waals surface area (Å²) in [6, 6.07) is 9.90. The van der Waals surface area contributed by atoms with Gasteiger partial charge in [-0.1, -0.05) is 37.3 Å². The molecule has 0 saturated carbocycles. The number of aromatic amines is 1. The van der Waals surface area contributed by atoms with Crippen LogP contribution < -0.4 is 10.3 Å². The third kappa shape index (κ3) is 4.23. The van der Waals surface area contributed by atoms with E-state index in [1.807, 2.05) is 0 Å². The zero-order valence-electron chi connectivity index (χ0n) is 13.0. The van der Waals surface area contributed by atoms with Crippen LogP contribution in [0.5, 0.6) is 0 Å². The molecule has 1 aromatic heterocycles. The second-order valence-electron chi connectivity index (χ2n) is 5.28. The van der Waals surface area contributed by atoms with Gasteiger partial charge >= 0.3 is 5.97 Å². The highest BCUT2D eigenvalue weighted by Gasteiger charge is 2.25. The molecule has 0 radical (unpaired) electrons. The van der Waals surface area contributed by atoms with Crippen LogP contribution in [0, 0.1) is 0 Å². The van der Waals surface area contributed by atoms with Crippen LogP contribution in [0.15, 0.2) is 47.4 Å². The highest BCUT2D eigenvalue weighted by molar-refractivity contribution is 7.91. The van der Waals surface area contributed by atoms with Crippen LogP contribution in [0.25, 0.3) is 0 Å². The number of nitrogens with one attached hydrogen (secondary N) is 2. The predicted molar refractivity (Wildman–Crippen MR) is 90.4 cm³/mol. The number of carboxylic acids is 1. The van der Waals surface area contributed by atoms with E-state index in [-0.39, 0.29) is 23.4 Å². The van der Waals surface area contributed by atoms with Crippen LogP contribution in [0.4, 0.5) is 5.69 Å². The molecule has 24 heavy (non-hydrogen) atoms. The Hall–Kier alpha value is -2.61. The van der Waals surface area contributed by atoms with Gasteiger partial charge in [-0.2, -0.15) is 0 Å². The number of pyridine rings is 1. The minimum absolute atomic E-state index is 0.144. The van der Waals surface area contributed by atoms with E-state index in [4.69, 9.17) is 0 Å². The number of hydrogen-bond donors (Lipinski definition) is 3. The van der Waals surface area contributed by atoms with E-state index >= 15 is 0 Å². The lowest BCUT2D eigenvalue weighted by Gasteiger charge is -2.16. The molecule has 0 spiro atoms. The molecule has 0 aliphatic rings. The molecule has 0 bridgehead atoms. The first-order valence-corrected chi connectivity index (χ1v) is 8.98. The van der Waals surface area contributed by atoms with Crippen LogP contribution in [0.1, 0.15) is 30.4 Å². The second-order valence-corrected chi connectivity index (χ2v) is 7.01. The Morgan fingerprint density at radius 2 is 1.92 bits per heavy atom. The average Bonchev–Trinajstić information content (AvgIpc) is 2.51. The summed E-state index contributed by atoms with van der Waals surface area (Å²) in [4.78, 5) is 25.8. The Morgan fingerprint density at radius 3 is 2.50 bits per heavy atom. The summed E-state index contributed by atoms with van der Waals surface area (Å²) in [5.41, 5.74) is -0.221. The van der Waals surface area contributed by atoms with Gasteiger partial charge in [-0.3, -0.25) is 14.3 Å². The molecule has 0 amide bonds. The molecular weight excluding hydrogens is 332 g/mol. The molecule has 0 aliphatic heterocycles. The van der Waals surface area contributed by atoms with E-state index in [1.54, 1.807) is 37.3 Å². The molecule has 2 rings (SSSR count). The summed E-state index contributed by atoms with van der Waals surface area (Å²) in [6.07, 6.45) is 1.53. The lowest BCUT2D eigenvalue weighted by atomic mass is 9.96. The molecule has 8 heteroatoms. The lowest BCUT2D eigenvalue weighted by molar-refractivity contribution is -0.138. The van der Waals surface area contributed by atoms with Gasteiger partial charge in [-0.15, -0.1) is 0 Å². The Morgan fingerprint density at radius 1 is 1.25 bits per heavy atom. The molecule has 7 nitrogen and oxygen atoms in total. The average molecular weight is 350 g/mol. The van der Waals surface area contributed by atoms with Gasteiger partial charge in [0.15, 0.2) is 0 Å². The van der Waals surface area contributed by atoms with Gasteiger partial charge in [0, 0.05) is 6.20 Å². The van der Waals surface area contributed by atoms with Gasteiger partial charge in [0.2, 0.25) is 10.0 Å². The van der Waals surface area contributed by atoms with E-state index in [9.17, 15) is 23.1 Å². The number of sulfonamides is 1. The highest BCUT2D eigenvalue weighted by Crippen LogP contribution is 2.25. The first kappa shape index (κ1) is 17.7. The fraction of sp³-hybridized carbons (Fsp3) is 0.250. The topological polar surface area (TPSA) is 116 Å². The Bertz CT molecular complexity index is 875. The highest BCUT2D eigenvalue weighted by atomic mass is 32.2. The largest absolute Gasteiger partial charge is 0.481 e. The van der Waals surface area contributed by atoms with Crippen molar-refractivity contribution in [2.75, 3.05) is 4.72 Å². The van der Waals surface area contributed by atoms with Gasteiger partial charge in [0.05, 0.1) is 11.7 Å². The summed E-state index contributed by atoms with van der Waals surface area (Å²) in [6.45, 7) is 1.65. The molecule has 128 valence electrons. The minimum atomic E-state index is -3.86. The quantitative estimate of drug-likeness (QED) is 0.705. The molecule has 3 N–H and O–H groups in total. The summed E-state index contributed by atoms with van der Waals surface area (Å²) < 4.78 is 26.9. The number of benzene rings is 1. The number of aromatic nitrogens is 1. The second kappa shape index (κ2) is 7.31. The smallest absolute Gasteiger partial charge is 0.311 e. The molecule has 1 aromatic carbocycles. The number of hydrogen-bond acceptors (Lipinski definition) is 4. The number of anilines is 1. The maximum atomic E-state index is 12.3. The van der Waals surface area contributed by atoms with Gasteiger partial charge in [-0.25, -0.2) is 8.42 Å². The predicted octanol–water partition coefficient (Wildman–Crippen LogP) is 1.89. The number of carbonyl (C=O) groups is 1. The number of rotatable bonds is 7. The van der Waals surface area contributed by atoms with Crippen molar-refractivity contribution in [3.8, 4) is 0 Å². The zero-order chi connectivity index (χ0) is 17.7. The van der Waals surface area contributed by atoms with Crippen LogP contribution in [-0.2, 0) is 20.6 Å². The van der Waals surface area contributed by atoms with E-state index < -0.39 is 27.5 Å². The van der Waals surface area contributed by atoms with Crippen LogP contribution >= 0.6 is 0 Å². The monoisotopic (exact) mass is 350 g/mol. The van der Waals surface area contributed by atoms with Crippen molar-refractivity contribution in [2.24, 2.45) is 0 Å². The number of carboxylic acid groups (broad SMARTS) is 1. The van der Waals surface area contributed by atoms with Crippen molar-refractivity contribution in [2.45, 2.75) is 25.0 Å². The first-order chi connectivity index (χ1) is 11.3. The van der Waals surface area contributed by atoms with Crippen LogP contribution in [0.3, 0.4) is 0 Å². The molecule has 1 heterocycles. The third-order valence-corrected chi connectivity index (χ3v) is 4.76. The Labute approximate surface area is 139 Å². The van der Waals surface area contributed by atoms with Crippen molar-refractivity contribution < 1.29 is 18.3 Å². The van der Waals surface area contributed by atoms with E-state index in [0.29, 0.717) is 5.56 Å². The maximum absolute atomic E-state index is 12.3. The zero-order valence-corrected chi connectivity index (χ0v) is 13.8. The maximum Gasteiger partial charge on any atom is 0.311 e. The van der Waals surface area contributed by atoms with Crippen molar-refractivity contribution >= 4 is 21.7 Å². The number of aliphatic carboxylic acids is 1. The van der Waals surface area contributed by atoms with E-state index in [2.05, 4.69) is 9.71 Å². The first-order valence-electron chi connectivity index (χ1n) is 7.33. The summed E-state index contributed by atoms with van der Waals surface area (Å²) >= 11 is 0. The molecule has 1 atom stereocenters. The normalized spacial score (nSPS) is 12.5. The van der Waals surface area contributed by atoms with Crippen molar-refractivity contribution in [1.29, 1.82) is 0 Å².